The fourth-order valence-electron chi connectivity index (χ4n) is 1.49. The Morgan fingerprint density at radius 1 is 1.61 bits per heavy atom. The normalized spacial score (nSPS) is 12.3. The predicted octanol–water partition coefficient (Wildman–Crippen LogP) is 0.299. The molecule has 0 aliphatic carbocycles. The van der Waals surface area contributed by atoms with E-state index in [1.54, 1.807) is 13.8 Å². The molecule has 8 nitrogen and oxygen atoms in total. The van der Waals surface area contributed by atoms with Crippen molar-refractivity contribution < 1.29 is 9.53 Å². The van der Waals surface area contributed by atoms with E-state index in [0.29, 0.717) is 23.6 Å². The van der Waals surface area contributed by atoms with Gasteiger partial charge in [-0.05, 0) is 13.8 Å². The van der Waals surface area contributed by atoms with Crippen molar-refractivity contribution in [2.24, 2.45) is 0 Å². The van der Waals surface area contributed by atoms with Crippen LogP contribution >= 0.6 is 0 Å². The third kappa shape index (κ3) is 2.31. The van der Waals surface area contributed by atoms with Crippen molar-refractivity contribution in [2.45, 2.75) is 19.9 Å². The van der Waals surface area contributed by atoms with Gasteiger partial charge in [-0.1, -0.05) is 0 Å². The van der Waals surface area contributed by atoms with Gasteiger partial charge in [0.05, 0.1) is 12.9 Å². The summed E-state index contributed by atoms with van der Waals surface area (Å²) in [5.41, 5.74) is 6.61. The van der Waals surface area contributed by atoms with E-state index in [1.807, 2.05) is 0 Å². The van der Waals surface area contributed by atoms with Crippen LogP contribution in [-0.4, -0.2) is 38.6 Å². The maximum absolute atomic E-state index is 11.5. The molecule has 0 aliphatic heterocycles. The van der Waals surface area contributed by atoms with Gasteiger partial charge in [-0.2, -0.15) is 9.97 Å². The molecule has 18 heavy (non-hydrogen) atoms. The number of aromatic amines is 1. The molecule has 0 saturated heterocycles. The molecule has 0 aromatic carbocycles. The van der Waals surface area contributed by atoms with Gasteiger partial charge in [0.25, 0.3) is 0 Å². The summed E-state index contributed by atoms with van der Waals surface area (Å²) in [6, 6.07) is -0.536. The largest absolute Gasteiger partial charge is 0.464 e. The summed E-state index contributed by atoms with van der Waals surface area (Å²) >= 11 is 0. The number of aromatic nitrogens is 4. The van der Waals surface area contributed by atoms with Gasteiger partial charge in [-0.25, -0.2) is 9.78 Å². The quantitative estimate of drug-likeness (QED) is 0.667. The van der Waals surface area contributed by atoms with E-state index >= 15 is 0 Å². The molecule has 96 valence electrons. The van der Waals surface area contributed by atoms with Crippen molar-refractivity contribution >= 4 is 28.9 Å². The van der Waals surface area contributed by atoms with E-state index in [0.717, 1.165) is 0 Å². The molecule has 0 spiro atoms. The first-order valence-electron chi connectivity index (χ1n) is 5.51. The van der Waals surface area contributed by atoms with Crippen LogP contribution < -0.4 is 11.1 Å². The molecule has 1 unspecified atom stereocenters. The summed E-state index contributed by atoms with van der Waals surface area (Å²) < 4.78 is 4.90. The standard InChI is InChI=1S/C10H14N6O2/c1-3-18-9(17)5(2)14-8-6-7(13-4-12-6)15-10(11)16-8/h4-5H,3H2,1-2H3,(H4,11,12,13,14,15,16). The van der Waals surface area contributed by atoms with Crippen LogP contribution in [-0.2, 0) is 9.53 Å². The monoisotopic (exact) mass is 250 g/mol. The highest BCUT2D eigenvalue weighted by Crippen LogP contribution is 2.18. The molecule has 2 aromatic heterocycles. The summed E-state index contributed by atoms with van der Waals surface area (Å²) in [6.45, 7) is 3.76. The maximum Gasteiger partial charge on any atom is 0.328 e. The van der Waals surface area contributed by atoms with Crippen LogP contribution in [0.25, 0.3) is 11.2 Å². The zero-order chi connectivity index (χ0) is 13.1. The number of H-pyrrole nitrogens is 1. The van der Waals surface area contributed by atoms with Gasteiger partial charge < -0.3 is 20.8 Å². The topological polar surface area (TPSA) is 119 Å². The van der Waals surface area contributed by atoms with Crippen molar-refractivity contribution in [3.63, 3.8) is 0 Å². The average molecular weight is 250 g/mol. The third-order valence-corrected chi connectivity index (χ3v) is 2.30. The number of anilines is 2. The number of fused-ring (bicyclic) bond motifs is 1. The van der Waals surface area contributed by atoms with Crippen LogP contribution in [0.4, 0.5) is 11.8 Å². The summed E-state index contributed by atoms with van der Waals surface area (Å²) in [5, 5.41) is 2.92. The second-order valence-corrected chi connectivity index (χ2v) is 3.65. The lowest BCUT2D eigenvalue weighted by Crippen LogP contribution is -2.28. The molecule has 8 heteroatoms. The van der Waals surface area contributed by atoms with Crippen molar-refractivity contribution in [1.29, 1.82) is 0 Å². The van der Waals surface area contributed by atoms with Gasteiger partial charge >= 0.3 is 5.97 Å². The first kappa shape index (κ1) is 12.1. The number of nitrogens with zero attached hydrogens (tertiary/aromatic N) is 3. The van der Waals surface area contributed by atoms with E-state index in [-0.39, 0.29) is 11.9 Å². The first-order valence-corrected chi connectivity index (χ1v) is 5.51. The summed E-state index contributed by atoms with van der Waals surface area (Å²) in [5.74, 6) is 0.158. The zero-order valence-corrected chi connectivity index (χ0v) is 10.1. The fraction of sp³-hybridized carbons (Fsp3) is 0.400. The smallest absolute Gasteiger partial charge is 0.328 e. The minimum absolute atomic E-state index is 0.0909. The highest BCUT2D eigenvalue weighted by Gasteiger charge is 2.17. The molecule has 0 bridgehead atoms. The molecule has 0 saturated carbocycles. The van der Waals surface area contributed by atoms with Gasteiger partial charge in [0.1, 0.15) is 11.6 Å². The molecule has 2 aromatic rings. The Bertz CT molecular complexity index is 566. The van der Waals surface area contributed by atoms with Crippen molar-refractivity contribution in [1.82, 2.24) is 19.9 Å². The molecule has 0 amide bonds. The van der Waals surface area contributed by atoms with Crippen LogP contribution in [0.15, 0.2) is 6.33 Å². The molecular weight excluding hydrogens is 236 g/mol. The summed E-state index contributed by atoms with van der Waals surface area (Å²) in [7, 11) is 0. The lowest BCUT2D eigenvalue weighted by molar-refractivity contribution is -0.143. The predicted molar refractivity (Wildman–Crippen MR) is 65.8 cm³/mol. The second-order valence-electron chi connectivity index (χ2n) is 3.65. The van der Waals surface area contributed by atoms with Crippen molar-refractivity contribution in [3.05, 3.63) is 6.33 Å². The number of rotatable bonds is 4. The Kier molecular flexibility index (Phi) is 3.26. The summed E-state index contributed by atoms with van der Waals surface area (Å²) in [4.78, 5) is 26.4. The average Bonchev–Trinajstić information content (AvgIpc) is 2.77. The molecule has 0 fully saturated rings. The minimum Gasteiger partial charge on any atom is -0.464 e. The number of hydrogen-bond donors (Lipinski definition) is 3. The van der Waals surface area contributed by atoms with E-state index < -0.39 is 6.04 Å². The number of hydrogen-bond acceptors (Lipinski definition) is 7. The molecule has 2 heterocycles. The molecule has 1 atom stereocenters. The Labute approximate surface area is 103 Å². The van der Waals surface area contributed by atoms with Crippen LogP contribution in [0.2, 0.25) is 0 Å². The Balaban J connectivity index is 2.25. The lowest BCUT2D eigenvalue weighted by Gasteiger charge is -2.13. The highest BCUT2D eigenvalue weighted by molar-refractivity contribution is 5.86. The Morgan fingerprint density at radius 2 is 2.39 bits per heavy atom. The number of nitrogens with one attached hydrogen (secondary N) is 2. The number of carbonyl (C=O) groups is 1. The van der Waals surface area contributed by atoms with Crippen molar-refractivity contribution in [2.75, 3.05) is 17.7 Å². The number of nitrogens with two attached hydrogens (primary N) is 1. The van der Waals surface area contributed by atoms with E-state index in [2.05, 4.69) is 25.3 Å². The van der Waals surface area contributed by atoms with Crippen molar-refractivity contribution in [3.8, 4) is 0 Å². The molecule has 2 rings (SSSR count). The van der Waals surface area contributed by atoms with Gasteiger partial charge in [-0.3, -0.25) is 0 Å². The SMILES string of the molecule is CCOC(=O)C(C)Nc1nc(N)nc2nc[nH]c12. The number of esters is 1. The van der Waals surface area contributed by atoms with Crippen LogP contribution in [0, 0.1) is 0 Å². The van der Waals surface area contributed by atoms with Gasteiger partial charge in [0, 0.05) is 0 Å². The highest BCUT2D eigenvalue weighted by atomic mass is 16.5. The minimum atomic E-state index is -0.536. The first-order chi connectivity index (χ1) is 8.61. The Morgan fingerprint density at radius 3 is 3.11 bits per heavy atom. The van der Waals surface area contributed by atoms with E-state index in [4.69, 9.17) is 10.5 Å². The van der Waals surface area contributed by atoms with E-state index in [9.17, 15) is 4.79 Å². The zero-order valence-electron chi connectivity index (χ0n) is 10.1. The van der Waals surface area contributed by atoms with E-state index in [1.165, 1.54) is 6.33 Å². The number of ether oxygens (including phenoxy) is 1. The van der Waals surface area contributed by atoms with Crippen LogP contribution in [0.5, 0.6) is 0 Å². The van der Waals surface area contributed by atoms with Crippen LogP contribution in [0.1, 0.15) is 13.8 Å². The maximum atomic E-state index is 11.5. The number of nitrogen functional groups attached to an aromatic ring is 1. The fourth-order valence-corrected chi connectivity index (χ4v) is 1.49. The van der Waals surface area contributed by atoms with Gasteiger partial charge in [0.15, 0.2) is 11.5 Å². The van der Waals surface area contributed by atoms with Gasteiger partial charge in [-0.15, -0.1) is 0 Å². The van der Waals surface area contributed by atoms with Gasteiger partial charge in [0.2, 0.25) is 5.95 Å². The summed E-state index contributed by atoms with van der Waals surface area (Å²) in [6.07, 6.45) is 1.49. The molecule has 0 radical (unpaired) electrons. The molecule has 4 N–H and O–H groups in total. The second kappa shape index (κ2) is 4.86. The molecular formula is C10H14N6O2. The Hall–Kier alpha value is -2.38. The van der Waals surface area contributed by atoms with Crippen LogP contribution in [0.3, 0.4) is 0 Å². The third-order valence-electron chi connectivity index (χ3n) is 2.30. The number of carbonyl (C=O) groups excluding carboxylic acids is 1. The number of imidazole rings is 1. The molecule has 0 aliphatic rings. The lowest BCUT2D eigenvalue weighted by atomic mass is 10.3.